The largest absolute Gasteiger partial charge is 0.497 e. The Bertz CT molecular complexity index is 464. The molecule has 0 radical (unpaired) electrons. The van der Waals surface area contributed by atoms with Crippen LogP contribution in [0, 0.1) is 5.92 Å². The third-order valence-corrected chi connectivity index (χ3v) is 3.58. The molecular weight excluding hydrogens is 278 g/mol. The lowest BCUT2D eigenvalue weighted by Crippen LogP contribution is -2.30. The number of thioether (sulfide) groups is 1. The molecule has 110 valence electrons. The van der Waals surface area contributed by atoms with Gasteiger partial charge in [-0.05, 0) is 24.1 Å². The van der Waals surface area contributed by atoms with Gasteiger partial charge in [0.1, 0.15) is 5.75 Å². The monoisotopic (exact) mass is 297 g/mol. The summed E-state index contributed by atoms with van der Waals surface area (Å²) in [4.78, 5) is 23.1. The van der Waals surface area contributed by atoms with Gasteiger partial charge in [0.25, 0.3) is 0 Å². The smallest absolute Gasteiger partial charge is 0.303 e. The van der Waals surface area contributed by atoms with Crippen molar-refractivity contribution in [3.63, 3.8) is 0 Å². The molecule has 6 heteroatoms. The van der Waals surface area contributed by atoms with Gasteiger partial charge in [-0.3, -0.25) is 9.59 Å². The maximum atomic E-state index is 11.7. The van der Waals surface area contributed by atoms with Gasteiger partial charge in [0, 0.05) is 17.9 Å². The van der Waals surface area contributed by atoms with Crippen LogP contribution in [0.25, 0.3) is 0 Å². The van der Waals surface area contributed by atoms with Crippen LogP contribution in [0.5, 0.6) is 5.75 Å². The van der Waals surface area contributed by atoms with E-state index in [1.807, 2.05) is 24.3 Å². The quantitative estimate of drug-likeness (QED) is 0.718. The first-order valence-corrected chi connectivity index (χ1v) is 7.25. The number of hydrogen-bond donors (Lipinski definition) is 2. The third kappa shape index (κ3) is 6.47. The molecular formula is C14H19NO4S. The van der Waals surface area contributed by atoms with E-state index in [0.717, 1.165) is 10.6 Å². The molecule has 1 aromatic carbocycles. The van der Waals surface area contributed by atoms with Crippen molar-refractivity contribution in [3.8, 4) is 5.75 Å². The lowest BCUT2D eigenvalue weighted by molar-refractivity contribution is -0.138. The zero-order chi connectivity index (χ0) is 15.0. The fourth-order valence-electron chi connectivity index (χ4n) is 1.55. The molecule has 1 rings (SSSR count). The van der Waals surface area contributed by atoms with Crippen LogP contribution in [0.2, 0.25) is 0 Å². The number of hydrogen-bond acceptors (Lipinski definition) is 4. The van der Waals surface area contributed by atoms with Gasteiger partial charge in [-0.15, -0.1) is 11.8 Å². The molecule has 0 fully saturated rings. The summed E-state index contributed by atoms with van der Waals surface area (Å²) < 4.78 is 5.11. The number of aliphatic carboxylic acids is 1. The van der Waals surface area contributed by atoms with Crippen molar-refractivity contribution in [1.29, 1.82) is 0 Å². The maximum Gasteiger partial charge on any atom is 0.303 e. The SMILES string of the molecule is COc1cccc(SCC(=O)NCC(C)CC(=O)O)c1. The molecule has 0 bridgehead atoms. The van der Waals surface area contributed by atoms with E-state index in [2.05, 4.69) is 5.32 Å². The number of rotatable bonds is 8. The minimum atomic E-state index is -0.850. The molecule has 0 aliphatic rings. The molecule has 0 heterocycles. The maximum absolute atomic E-state index is 11.7. The van der Waals surface area contributed by atoms with E-state index in [9.17, 15) is 9.59 Å². The molecule has 0 aliphatic heterocycles. The lowest BCUT2D eigenvalue weighted by atomic mass is 10.1. The van der Waals surface area contributed by atoms with Crippen molar-refractivity contribution in [2.24, 2.45) is 5.92 Å². The summed E-state index contributed by atoms with van der Waals surface area (Å²) in [5, 5.41) is 11.4. The van der Waals surface area contributed by atoms with Crippen LogP contribution in [0.1, 0.15) is 13.3 Å². The molecule has 1 amide bonds. The van der Waals surface area contributed by atoms with Gasteiger partial charge in [-0.1, -0.05) is 13.0 Å². The van der Waals surface area contributed by atoms with Gasteiger partial charge < -0.3 is 15.2 Å². The number of carboxylic acid groups (broad SMARTS) is 1. The zero-order valence-electron chi connectivity index (χ0n) is 11.6. The molecule has 0 aromatic heterocycles. The van der Waals surface area contributed by atoms with E-state index in [1.165, 1.54) is 11.8 Å². The Morgan fingerprint density at radius 1 is 1.45 bits per heavy atom. The van der Waals surface area contributed by atoms with E-state index in [4.69, 9.17) is 9.84 Å². The van der Waals surface area contributed by atoms with E-state index in [-0.39, 0.29) is 18.2 Å². The first-order valence-electron chi connectivity index (χ1n) is 6.26. The highest BCUT2D eigenvalue weighted by Gasteiger charge is 2.09. The fourth-order valence-corrected chi connectivity index (χ4v) is 2.32. The normalized spacial score (nSPS) is 11.7. The predicted molar refractivity (Wildman–Crippen MR) is 78.1 cm³/mol. The summed E-state index contributed by atoms with van der Waals surface area (Å²) in [5.41, 5.74) is 0. The molecule has 0 saturated carbocycles. The number of ether oxygens (including phenoxy) is 1. The van der Waals surface area contributed by atoms with Gasteiger partial charge in [-0.25, -0.2) is 0 Å². The van der Waals surface area contributed by atoms with E-state index in [1.54, 1.807) is 14.0 Å². The number of amides is 1. The van der Waals surface area contributed by atoms with E-state index >= 15 is 0 Å². The average molecular weight is 297 g/mol. The molecule has 2 N–H and O–H groups in total. The highest BCUT2D eigenvalue weighted by molar-refractivity contribution is 8.00. The summed E-state index contributed by atoms with van der Waals surface area (Å²) in [6, 6.07) is 7.49. The first-order chi connectivity index (χ1) is 9.51. The Balaban J connectivity index is 2.30. The number of carbonyl (C=O) groups excluding carboxylic acids is 1. The molecule has 5 nitrogen and oxygen atoms in total. The molecule has 0 saturated heterocycles. The Morgan fingerprint density at radius 2 is 2.20 bits per heavy atom. The summed E-state index contributed by atoms with van der Waals surface area (Å²) in [6.07, 6.45) is 0.0588. The number of nitrogens with one attached hydrogen (secondary N) is 1. The summed E-state index contributed by atoms with van der Waals surface area (Å²) >= 11 is 1.42. The summed E-state index contributed by atoms with van der Waals surface area (Å²) in [5.74, 6) is 0.0313. The van der Waals surface area contributed by atoms with Gasteiger partial charge in [-0.2, -0.15) is 0 Å². The van der Waals surface area contributed by atoms with Gasteiger partial charge in [0.2, 0.25) is 5.91 Å². The third-order valence-electron chi connectivity index (χ3n) is 2.58. The lowest BCUT2D eigenvalue weighted by Gasteiger charge is -2.10. The standard InChI is InChI=1S/C14H19NO4S/c1-10(6-14(17)18)8-15-13(16)9-20-12-5-3-4-11(7-12)19-2/h3-5,7,10H,6,8-9H2,1-2H3,(H,15,16)(H,17,18). The van der Waals surface area contributed by atoms with Gasteiger partial charge >= 0.3 is 5.97 Å². The minimum absolute atomic E-state index is 0.0588. The number of benzene rings is 1. The Kier molecular flexibility index (Phi) is 6.93. The number of carbonyl (C=O) groups is 2. The Hall–Kier alpha value is -1.69. The van der Waals surface area contributed by atoms with Crippen molar-refractivity contribution in [1.82, 2.24) is 5.32 Å². The Morgan fingerprint density at radius 3 is 2.85 bits per heavy atom. The zero-order valence-corrected chi connectivity index (χ0v) is 12.4. The van der Waals surface area contributed by atoms with Gasteiger partial charge in [0.15, 0.2) is 0 Å². The summed E-state index contributed by atoms with van der Waals surface area (Å²) in [7, 11) is 1.60. The molecule has 1 unspecified atom stereocenters. The van der Waals surface area contributed by atoms with Gasteiger partial charge in [0.05, 0.1) is 12.9 Å². The minimum Gasteiger partial charge on any atom is -0.497 e. The molecule has 0 spiro atoms. The molecule has 1 aromatic rings. The highest BCUT2D eigenvalue weighted by atomic mass is 32.2. The molecule has 0 aliphatic carbocycles. The number of carboxylic acids is 1. The first kappa shape index (κ1) is 16.4. The number of methoxy groups -OCH3 is 1. The van der Waals surface area contributed by atoms with Crippen LogP contribution < -0.4 is 10.1 Å². The topological polar surface area (TPSA) is 75.6 Å². The van der Waals surface area contributed by atoms with Crippen molar-refractivity contribution in [2.75, 3.05) is 19.4 Å². The van der Waals surface area contributed by atoms with Crippen LogP contribution in [-0.2, 0) is 9.59 Å². The second kappa shape index (κ2) is 8.47. The van der Waals surface area contributed by atoms with Crippen LogP contribution in [0.4, 0.5) is 0 Å². The van der Waals surface area contributed by atoms with Crippen LogP contribution in [0.3, 0.4) is 0 Å². The predicted octanol–water partition coefficient (Wildman–Crippen LogP) is 2.01. The highest BCUT2D eigenvalue weighted by Crippen LogP contribution is 2.22. The van der Waals surface area contributed by atoms with Crippen molar-refractivity contribution in [2.45, 2.75) is 18.2 Å². The van der Waals surface area contributed by atoms with Crippen molar-refractivity contribution in [3.05, 3.63) is 24.3 Å². The summed E-state index contributed by atoms with van der Waals surface area (Å²) in [6.45, 7) is 2.17. The molecule has 20 heavy (non-hydrogen) atoms. The average Bonchev–Trinajstić information content (AvgIpc) is 2.42. The van der Waals surface area contributed by atoms with Crippen molar-refractivity contribution >= 4 is 23.6 Å². The Labute approximate surface area is 122 Å². The van der Waals surface area contributed by atoms with Crippen molar-refractivity contribution < 1.29 is 19.4 Å². The fraction of sp³-hybridized carbons (Fsp3) is 0.429. The van der Waals surface area contributed by atoms with Crippen LogP contribution in [0.15, 0.2) is 29.2 Å². The second-order valence-corrected chi connectivity index (χ2v) is 5.52. The molecule has 1 atom stereocenters. The van der Waals surface area contributed by atoms with Crippen LogP contribution >= 0.6 is 11.8 Å². The van der Waals surface area contributed by atoms with E-state index in [0.29, 0.717) is 12.3 Å². The van der Waals surface area contributed by atoms with Crippen LogP contribution in [-0.4, -0.2) is 36.4 Å². The second-order valence-electron chi connectivity index (χ2n) is 4.47. The van der Waals surface area contributed by atoms with E-state index < -0.39 is 5.97 Å².